The molecule has 0 unspecified atom stereocenters. The number of halogens is 1. The van der Waals surface area contributed by atoms with Crippen LogP contribution in [0.3, 0.4) is 0 Å². The van der Waals surface area contributed by atoms with Gasteiger partial charge in [-0.25, -0.2) is 9.97 Å². The van der Waals surface area contributed by atoms with Gasteiger partial charge in [-0.2, -0.15) is 0 Å². The fraction of sp³-hybridized carbons (Fsp3) is 0.455. The first kappa shape index (κ1) is 23.3. The smallest absolute Gasteiger partial charge is 0.234 e. The summed E-state index contributed by atoms with van der Waals surface area (Å²) in [5.74, 6) is 0.919. The summed E-state index contributed by atoms with van der Waals surface area (Å²) in [6, 6.07) is 9.36. The molecule has 0 bridgehead atoms. The highest BCUT2D eigenvalue weighted by Gasteiger charge is 2.30. The molecule has 2 aromatic rings. The number of aromatic nitrogens is 2. The highest BCUT2D eigenvalue weighted by atomic mass is 35.5. The second-order valence-corrected chi connectivity index (χ2v) is 9.89. The van der Waals surface area contributed by atoms with Gasteiger partial charge in [0, 0.05) is 43.3 Å². The van der Waals surface area contributed by atoms with Gasteiger partial charge in [-0.1, -0.05) is 61.8 Å². The molecule has 2 amide bonds. The number of hydrogen-bond donors (Lipinski definition) is 1. The van der Waals surface area contributed by atoms with Gasteiger partial charge in [0.25, 0.3) is 0 Å². The first-order chi connectivity index (χ1) is 14.6. The van der Waals surface area contributed by atoms with Gasteiger partial charge in [-0.15, -0.1) is 0 Å². The largest absolute Gasteiger partial charge is 0.353 e. The van der Waals surface area contributed by atoms with Crippen molar-refractivity contribution in [3.05, 3.63) is 41.0 Å². The number of carbonyl (C=O) groups excluding carboxylic acids is 2. The van der Waals surface area contributed by atoms with Gasteiger partial charge in [-0.05, 0) is 19.1 Å². The van der Waals surface area contributed by atoms with E-state index in [0.717, 1.165) is 11.3 Å². The van der Waals surface area contributed by atoms with Crippen molar-refractivity contribution in [2.75, 3.05) is 42.1 Å². The Morgan fingerprint density at radius 2 is 1.74 bits per heavy atom. The number of nitrogens with zero attached hydrogens (tertiary/aromatic N) is 4. The van der Waals surface area contributed by atoms with Crippen molar-refractivity contribution >= 4 is 46.7 Å². The topological polar surface area (TPSA) is 78.4 Å². The fourth-order valence-corrected chi connectivity index (χ4v) is 4.07. The number of piperazine rings is 1. The molecular weight excluding hydrogens is 434 g/mol. The number of aryl methyl sites for hydroxylation is 1. The lowest BCUT2D eigenvalue weighted by molar-refractivity contribution is -0.139. The van der Waals surface area contributed by atoms with Crippen molar-refractivity contribution in [2.45, 2.75) is 32.9 Å². The number of amides is 2. The zero-order chi connectivity index (χ0) is 22.6. The molecule has 7 nitrogen and oxygen atoms in total. The van der Waals surface area contributed by atoms with Crippen molar-refractivity contribution in [2.24, 2.45) is 5.41 Å². The molecule has 0 radical (unpaired) electrons. The lowest BCUT2D eigenvalue weighted by Gasteiger charge is -2.38. The van der Waals surface area contributed by atoms with Crippen molar-refractivity contribution in [3.63, 3.8) is 0 Å². The van der Waals surface area contributed by atoms with E-state index in [2.05, 4.69) is 20.2 Å². The van der Waals surface area contributed by atoms with E-state index in [1.165, 1.54) is 11.8 Å². The molecule has 9 heteroatoms. The van der Waals surface area contributed by atoms with E-state index in [-0.39, 0.29) is 23.0 Å². The molecule has 1 N–H and O–H groups in total. The predicted molar refractivity (Wildman–Crippen MR) is 126 cm³/mol. The van der Waals surface area contributed by atoms with Crippen LogP contribution in [0.2, 0.25) is 5.15 Å². The number of benzene rings is 1. The number of nitrogens with one attached hydrogen (secondary N) is 1. The average Bonchev–Trinajstić information content (AvgIpc) is 2.72. The Morgan fingerprint density at radius 1 is 1.10 bits per heavy atom. The normalized spacial score (nSPS) is 14.5. The minimum absolute atomic E-state index is 0.131. The third kappa shape index (κ3) is 6.58. The number of carbonyl (C=O) groups is 2. The van der Waals surface area contributed by atoms with Crippen LogP contribution in [0.1, 0.15) is 26.3 Å². The molecule has 31 heavy (non-hydrogen) atoms. The lowest BCUT2D eigenvalue weighted by atomic mass is 9.94. The Morgan fingerprint density at radius 3 is 2.35 bits per heavy atom. The first-order valence-corrected chi connectivity index (χ1v) is 11.6. The van der Waals surface area contributed by atoms with Crippen LogP contribution in [0.15, 0.2) is 35.5 Å². The molecule has 1 aromatic carbocycles. The van der Waals surface area contributed by atoms with Crippen LogP contribution >= 0.6 is 23.4 Å². The molecule has 1 saturated heterocycles. The molecule has 0 spiro atoms. The predicted octanol–water partition coefficient (Wildman–Crippen LogP) is 3.86. The van der Waals surface area contributed by atoms with Crippen LogP contribution in [-0.4, -0.2) is 58.6 Å². The summed E-state index contributed by atoms with van der Waals surface area (Å²) in [7, 11) is 0. The Kier molecular flexibility index (Phi) is 7.43. The summed E-state index contributed by atoms with van der Waals surface area (Å²) in [6.07, 6.45) is 0. The monoisotopic (exact) mass is 461 g/mol. The minimum Gasteiger partial charge on any atom is -0.353 e. The van der Waals surface area contributed by atoms with Crippen LogP contribution in [-0.2, 0) is 9.59 Å². The van der Waals surface area contributed by atoms with Crippen LogP contribution in [0.25, 0.3) is 0 Å². The van der Waals surface area contributed by atoms with Crippen molar-refractivity contribution in [3.8, 4) is 0 Å². The quantitative estimate of drug-likeness (QED) is 0.413. The molecule has 0 aliphatic carbocycles. The third-order valence-electron chi connectivity index (χ3n) is 4.86. The van der Waals surface area contributed by atoms with Crippen molar-refractivity contribution in [1.82, 2.24) is 14.9 Å². The first-order valence-electron chi connectivity index (χ1n) is 10.2. The SMILES string of the molecule is Cc1ccc(NC(=O)CSc2nc(Cl)cc(N3CCN(C(=O)C(C)(C)C)CC3)n2)cc1. The molecule has 1 fully saturated rings. The molecule has 166 valence electrons. The van der Waals surface area contributed by atoms with Gasteiger partial charge in [-0.3, -0.25) is 9.59 Å². The number of thioether (sulfide) groups is 1. The van der Waals surface area contributed by atoms with Gasteiger partial charge in [0.1, 0.15) is 11.0 Å². The Hall–Kier alpha value is -2.32. The van der Waals surface area contributed by atoms with E-state index < -0.39 is 0 Å². The zero-order valence-electron chi connectivity index (χ0n) is 18.3. The van der Waals surface area contributed by atoms with E-state index in [4.69, 9.17) is 11.6 Å². The van der Waals surface area contributed by atoms with Crippen LogP contribution in [0.5, 0.6) is 0 Å². The maximum atomic E-state index is 12.5. The summed E-state index contributed by atoms with van der Waals surface area (Å²) < 4.78 is 0. The van der Waals surface area contributed by atoms with E-state index in [0.29, 0.717) is 42.3 Å². The van der Waals surface area contributed by atoms with Crippen molar-refractivity contribution in [1.29, 1.82) is 0 Å². The molecule has 1 aliphatic rings. The Bertz CT molecular complexity index is 938. The van der Waals surface area contributed by atoms with E-state index in [9.17, 15) is 9.59 Å². The number of anilines is 2. The summed E-state index contributed by atoms with van der Waals surface area (Å²) in [6.45, 7) is 10.4. The second-order valence-electron chi connectivity index (χ2n) is 8.56. The summed E-state index contributed by atoms with van der Waals surface area (Å²) in [4.78, 5) is 37.5. The fourth-order valence-electron chi connectivity index (χ4n) is 3.19. The Balaban J connectivity index is 1.57. The highest BCUT2D eigenvalue weighted by Crippen LogP contribution is 2.24. The summed E-state index contributed by atoms with van der Waals surface area (Å²) in [5, 5.41) is 3.65. The number of hydrogen-bond acceptors (Lipinski definition) is 6. The lowest BCUT2D eigenvalue weighted by Crippen LogP contribution is -2.51. The molecule has 0 atom stereocenters. The summed E-state index contributed by atoms with van der Waals surface area (Å²) >= 11 is 7.45. The van der Waals surface area contributed by atoms with Gasteiger partial charge in [0.05, 0.1) is 5.75 Å². The second kappa shape index (κ2) is 9.87. The Labute approximate surface area is 192 Å². The molecule has 3 rings (SSSR count). The summed E-state index contributed by atoms with van der Waals surface area (Å²) in [5.41, 5.74) is 1.51. The van der Waals surface area contributed by atoms with E-state index in [1.807, 2.05) is 56.9 Å². The molecule has 1 aromatic heterocycles. The highest BCUT2D eigenvalue weighted by molar-refractivity contribution is 7.99. The van der Waals surface area contributed by atoms with Crippen LogP contribution in [0, 0.1) is 12.3 Å². The maximum absolute atomic E-state index is 12.5. The molecule has 0 saturated carbocycles. The van der Waals surface area contributed by atoms with Gasteiger partial charge in [0.15, 0.2) is 5.16 Å². The average molecular weight is 462 g/mol. The molecule has 2 heterocycles. The van der Waals surface area contributed by atoms with Crippen LogP contribution < -0.4 is 10.2 Å². The van der Waals surface area contributed by atoms with Gasteiger partial charge < -0.3 is 15.1 Å². The standard InChI is InChI=1S/C22H28ClN5O2S/c1-15-5-7-16(8-6-15)24-19(29)14-31-21-25-17(23)13-18(26-21)27-9-11-28(12-10-27)20(30)22(2,3)4/h5-8,13H,9-12,14H2,1-4H3,(H,24,29). The van der Waals surface area contributed by atoms with E-state index >= 15 is 0 Å². The number of rotatable bonds is 5. The van der Waals surface area contributed by atoms with Gasteiger partial charge >= 0.3 is 0 Å². The molecular formula is C22H28ClN5O2S. The molecule has 1 aliphatic heterocycles. The maximum Gasteiger partial charge on any atom is 0.234 e. The van der Waals surface area contributed by atoms with E-state index in [1.54, 1.807) is 6.07 Å². The van der Waals surface area contributed by atoms with Crippen LogP contribution in [0.4, 0.5) is 11.5 Å². The van der Waals surface area contributed by atoms with Gasteiger partial charge in [0.2, 0.25) is 11.8 Å². The van der Waals surface area contributed by atoms with Crippen molar-refractivity contribution < 1.29 is 9.59 Å². The third-order valence-corrected chi connectivity index (χ3v) is 5.90. The zero-order valence-corrected chi connectivity index (χ0v) is 19.9. The minimum atomic E-state index is -0.386.